The van der Waals surface area contributed by atoms with Crippen molar-refractivity contribution in [1.29, 1.82) is 0 Å². The first kappa shape index (κ1) is 25.1. The van der Waals surface area contributed by atoms with E-state index < -0.39 is 0 Å². The number of urea groups is 1. The van der Waals surface area contributed by atoms with Gasteiger partial charge in [0.2, 0.25) is 5.91 Å². The van der Waals surface area contributed by atoms with E-state index in [0.717, 1.165) is 64.9 Å². The Morgan fingerprint density at radius 2 is 1.95 bits per heavy atom. The number of benzene rings is 2. The molecule has 0 saturated carbocycles. The third kappa shape index (κ3) is 5.49. The number of para-hydroxylation sites is 1. The molecule has 3 N–H and O–H groups in total. The highest BCUT2D eigenvalue weighted by molar-refractivity contribution is 5.92. The van der Waals surface area contributed by atoms with Gasteiger partial charge in [0.25, 0.3) is 0 Å². The Hall–Kier alpha value is -4.24. The zero-order valence-corrected chi connectivity index (χ0v) is 22.1. The van der Waals surface area contributed by atoms with E-state index in [9.17, 15) is 9.59 Å². The molecular formula is C30H33N7O2. The van der Waals surface area contributed by atoms with Crippen molar-refractivity contribution in [3.05, 3.63) is 89.4 Å². The lowest BCUT2D eigenvalue weighted by Gasteiger charge is -2.40. The van der Waals surface area contributed by atoms with Gasteiger partial charge >= 0.3 is 6.03 Å². The number of carbonyl (C=O) groups is 2. The minimum atomic E-state index is -0.239. The van der Waals surface area contributed by atoms with Gasteiger partial charge in [-0.3, -0.25) is 19.8 Å². The molecule has 1 saturated heterocycles. The monoisotopic (exact) mass is 523 g/mol. The van der Waals surface area contributed by atoms with Crippen LogP contribution in [0.15, 0.2) is 67.0 Å². The molecule has 9 heteroatoms. The molecule has 2 aliphatic rings. The normalized spacial score (nSPS) is 17.1. The molecule has 0 radical (unpaired) electrons. The van der Waals surface area contributed by atoms with Crippen LogP contribution in [0, 0.1) is 6.92 Å². The third-order valence-electron chi connectivity index (χ3n) is 7.85. The summed E-state index contributed by atoms with van der Waals surface area (Å²) in [5.41, 5.74) is 6.16. The third-order valence-corrected chi connectivity index (χ3v) is 7.85. The van der Waals surface area contributed by atoms with Crippen LogP contribution in [0.25, 0.3) is 10.9 Å². The predicted octanol–water partition coefficient (Wildman–Crippen LogP) is 4.18. The quantitative estimate of drug-likeness (QED) is 0.337. The first-order valence-corrected chi connectivity index (χ1v) is 13.5. The van der Waals surface area contributed by atoms with Gasteiger partial charge in [-0.15, -0.1) is 0 Å². The SMILES string of the molecule is Cc1cc(CC(NC(=O)CN2CCC(N3Cc4ccccc4NC3=O)CC2)c2ccccn2)cc2cn[nH]c12. The highest BCUT2D eigenvalue weighted by Gasteiger charge is 2.32. The van der Waals surface area contributed by atoms with Gasteiger partial charge < -0.3 is 15.5 Å². The number of aromatic nitrogens is 3. The number of fused-ring (bicyclic) bond motifs is 2. The van der Waals surface area contributed by atoms with Crippen LogP contribution in [0.2, 0.25) is 0 Å². The number of H-pyrrole nitrogens is 1. The number of aromatic amines is 1. The van der Waals surface area contributed by atoms with Crippen molar-refractivity contribution in [2.24, 2.45) is 0 Å². The van der Waals surface area contributed by atoms with Crippen LogP contribution in [0.1, 0.15) is 41.3 Å². The Morgan fingerprint density at radius 1 is 1.13 bits per heavy atom. The lowest BCUT2D eigenvalue weighted by atomic mass is 9.99. The van der Waals surface area contributed by atoms with Gasteiger partial charge in [0, 0.05) is 42.9 Å². The molecule has 1 atom stereocenters. The van der Waals surface area contributed by atoms with Crippen molar-refractivity contribution in [2.45, 2.75) is 44.8 Å². The van der Waals surface area contributed by atoms with E-state index >= 15 is 0 Å². The average molecular weight is 524 g/mol. The molecular weight excluding hydrogens is 490 g/mol. The molecule has 1 fully saturated rings. The van der Waals surface area contributed by atoms with E-state index in [2.05, 4.69) is 55.8 Å². The number of anilines is 1. The topological polar surface area (TPSA) is 106 Å². The van der Waals surface area contributed by atoms with Crippen molar-refractivity contribution in [2.75, 3.05) is 25.0 Å². The van der Waals surface area contributed by atoms with Crippen LogP contribution in [-0.2, 0) is 17.8 Å². The fourth-order valence-electron chi connectivity index (χ4n) is 5.83. The zero-order valence-electron chi connectivity index (χ0n) is 22.1. The number of pyridine rings is 1. The van der Waals surface area contributed by atoms with Gasteiger partial charge in [-0.2, -0.15) is 5.10 Å². The van der Waals surface area contributed by atoms with Crippen molar-refractivity contribution in [1.82, 2.24) is 30.3 Å². The number of aryl methyl sites for hydroxylation is 1. The largest absolute Gasteiger partial charge is 0.346 e. The lowest BCUT2D eigenvalue weighted by molar-refractivity contribution is -0.123. The standard InChI is InChI=1S/C30H33N7O2/c1-20-14-21(15-23-17-32-35-29(20)23)16-27(26-8-4-5-11-31-26)33-28(38)19-36-12-9-24(10-13-36)37-18-22-6-2-3-7-25(22)34-30(37)39/h2-8,11,14-15,17,24,27H,9-10,12-13,16,18-19H2,1H3,(H,32,35)(H,33,38)(H,34,39). The van der Waals surface area contributed by atoms with E-state index in [-0.39, 0.29) is 24.0 Å². The number of hydrogen-bond donors (Lipinski definition) is 3. The van der Waals surface area contributed by atoms with Crippen LogP contribution >= 0.6 is 0 Å². The molecule has 0 bridgehead atoms. The van der Waals surface area contributed by atoms with Crippen LogP contribution in [0.4, 0.5) is 10.5 Å². The molecule has 2 aliphatic heterocycles. The van der Waals surface area contributed by atoms with Gasteiger partial charge in [0.1, 0.15) is 0 Å². The fourth-order valence-corrected chi connectivity index (χ4v) is 5.83. The van der Waals surface area contributed by atoms with Crippen LogP contribution < -0.4 is 10.6 Å². The molecule has 39 heavy (non-hydrogen) atoms. The van der Waals surface area contributed by atoms with Crippen molar-refractivity contribution >= 4 is 28.5 Å². The molecule has 200 valence electrons. The summed E-state index contributed by atoms with van der Waals surface area (Å²) >= 11 is 0. The van der Waals surface area contributed by atoms with Crippen LogP contribution in [-0.4, -0.2) is 62.6 Å². The molecule has 2 aromatic carbocycles. The summed E-state index contributed by atoms with van der Waals surface area (Å²) in [6, 6.07) is 17.9. The van der Waals surface area contributed by atoms with Gasteiger partial charge in [-0.1, -0.05) is 30.3 Å². The number of piperidine rings is 1. The molecule has 2 aromatic heterocycles. The number of nitrogens with one attached hydrogen (secondary N) is 3. The Morgan fingerprint density at radius 3 is 2.77 bits per heavy atom. The zero-order chi connectivity index (χ0) is 26.8. The second-order valence-electron chi connectivity index (χ2n) is 10.5. The second kappa shape index (κ2) is 10.9. The Labute approximate surface area is 227 Å². The number of amides is 3. The highest BCUT2D eigenvalue weighted by atomic mass is 16.2. The summed E-state index contributed by atoms with van der Waals surface area (Å²) < 4.78 is 0. The van der Waals surface area contributed by atoms with E-state index in [1.807, 2.05) is 47.5 Å². The van der Waals surface area contributed by atoms with Gasteiger partial charge in [-0.25, -0.2) is 4.79 Å². The van der Waals surface area contributed by atoms with E-state index in [0.29, 0.717) is 19.5 Å². The average Bonchev–Trinajstić information content (AvgIpc) is 3.43. The summed E-state index contributed by atoms with van der Waals surface area (Å²) in [5.74, 6) is -0.0187. The molecule has 4 heterocycles. The van der Waals surface area contributed by atoms with Crippen LogP contribution in [0.3, 0.4) is 0 Å². The first-order chi connectivity index (χ1) is 19.0. The maximum absolute atomic E-state index is 13.2. The Kier molecular flexibility index (Phi) is 6.98. The number of carbonyl (C=O) groups excluding carboxylic acids is 2. The number of rotatable bonds is 7. The van der Waals surface area contributed by atoms with E-state index in [1.165, 1.54) is 0 Å². The van der Waals surface area contributed by atoms with E-state index in [4.69, 9.17) is 0 Å². The second-order valence-corrected chi connectivity index (χ2v) is 10.5. The predicted molar refractivity (Wildman–Crippen MR) is 150 cm³/mol. The smallest absolute Gasteiger partial charge is 0.322 e. The molecule has 0 aliphatic carbocycles. The lowest BCUT2D eigenvalue weighted by Crippen LogP contribution is -2.51. The molecule has 4 aromatic rings. The highest BCUT2D eigenvalue weighted by Crippen LogP contribution is 2.28. The summed E-state index contributed by atoms with van der Waals surface area (Å²) in [5, 5.41) is 14.5. The summed E-state index contributed by atoms with van der Waals surface area (Å²) in [7, 11) is 0. The van der Waals surface area contributed by atoms with Crippen molar-refractivity contribution in [3.63, 3.8) is 0 Å². The maximum atomic E-state index is 13.2. The molecule has 9 nitrogen and oxygen atoms in total. The maximum Gasteiger partial charge on any atom is 0.322 e. The fraction of sp³-hybridized carbons (Fsp3) is 0.333. The van der Waals surface area contributed by atoms with Crippen molar-refractivity contribution in [3.8, 4) is 0 Å². The molecule has 0 spiro atoms. The summed E-state index contributed by atoms with van der Waals surface area (Å²) in [6.07, 6.45) is 5.92. The molecule has 6 rings (SSSR count). The molecule has 1 unspecified atom stereocenters. The Bertz CT molecular complexity index is 1480. The summed E-state index contributed by atoms with van der Waals surface area (Å²) in [4.78, 5) is 34.6. The minimum absolute atomic E-state index is 0.0187. The summed E-state index contributed by atoms with van der Waals surface area (Å²) in [6.45, 7) is 4.56. The first-order valence-electron chi connectivity index (χ1n) is 13.5. The number of nitrogens with zero attached hydrogens (tertiary/aromatic N) is 4. The number of likely N-dealkylation sites (tertiary alicyclic amines) is 1. The Balaban J connectivity index is 1.08. The van der Waals surface area contributed by atoms with Gasteiger partial charge in [-0.05, 0) is 67.1 Å². The van der Waals surface area contributed by atoms with Gasteiger partial charge in [0.15, 0.2) is 0 Å². The van der Waals surface area contributed by atoms with Crippen LogP contribution in [0.5, 0.6) is 0 Å². The molecule has 3 amide bonds. The minimum Gasteiger partial charge on any atom is -0.346 e. The number of hydrogen-bond acceptors (Lipinski definition) is 5. The van der Waals surface area contributed by atoms with Gasteiger partial charge in [0.05, 0.1) is 30.0 Å². The van der Waals surface area contributed by atoms with E-state index in [1.54, 1.807) is 6.20 Å². The van der Waals surface area contributed by atoms with Crippen molar-refractivity contribution < 1.29 is 9.59 Å².